The molecule has 0 bridgehead atoms. The Morgan fingerprint density at radius 1 is 0.250 bits per heavy atom. The SMILES string of the molecule is CCCCCCCCCCCCCCCCCCCCCCCC(CCCC)CCCC. The molecule has 0 aliphatic heterocycles. The van der Waals surface area contributed by atoms with E-state index in [1.54, 1.807) is 0 Å². The molecule has 0 aromatic heterocycles. The highest BCUT2D eigenvalue weighted by molar-refractivity contribution is 4.60. The predicted octanol–water partition coefficient (Wildman–Crippen LogP) is 12.6. The van der Waals surface area contributed by atoms with E-state index < -0.39 is 0 Å². The van der Waals surface area contributed by atoms with Gasteiger partial charge in [-0.3, -0.25) is 0 Å². The lowest BCUT2D eigenvalue weighted by atomic mass is 9.90. The molecule has 0 spiro atoms. The van der Waals surface area contributed by atoms with Gasteiger partial charge in [-0.25, -0.2) is 0 Å². The Morgan fingerprint density at radius 2 is 0.469 bits per heavy atom. The minimum Gasteiger partial charge on any atom is -0.0654 e. The average Bonchev–Trinajstić information content (AvgIpc) is 2.81. The number of rotatable bonds is 28. The second-order valence-electron chi connectivity index (χ2n) is 11.0. The van der Waals surface area contributed by atoms with E-state index in [9.17, 15) is 0 Å². The van der Waals surface area contributed by atoms with E-state index in [4.69, 9.17) is 0 Å². The van der Waals surface area contributed by atoms with Crippen LogP contribution >= 0.6 is 0 Å². The number of hydrogen-bond acceptors (Lipinski definition) is 0. The fourth-order valence-corrected chi connectivity index (χ4v) is 5.28. The second-order valence-corrected chi connectivity index (χ2v) is 11.0. The number of hydrogen-bond donors (Lipinski definition) is 0. The summed E-state index contributed by atoms with van der Waals surface area (Å²) in [4.78, 5) is 0. The van der Waals surface area contributed by atoms with Crippen LogP contribution in [0.4, 0.5) is 0 Å². The van der Waals surface area contributed by atoms with Gasteiger partial charge in [0.1, 0.15) is 0 Å². The van der Waals surface area contributed by atoms with Crippen LogP contribution in [-0.2, 0) is 0 Å². The van der Waals surface area contributed by atoms with Gasteiger partial charge >= 0.3 is 0 Å². The van der Waals surface area contributed by atoms with Crippen molar-refractivity contribution < 1.29 is 0 Å². The molecule has 0 fully saturated rings. The maximum atomic E-state index is 2.34. The van der Waals surface area contributed by atoms with E-state index in [-0.39, 0.29) is 0 Å². The van der Waals surface area contributed by atoms with Crippen LogP contribution in [0.25, 0.3) is 0 Å². The summed E-state index contributed by atoms with van der Waals surface area (Å²) in [6.07, 6.45) is 41.3. The van der Waals surface area contributed by atoms with E-state index in [1.165, 1.54) is 180 Å². The van der Waals surface area contributed by atoms with Gasteiger partial charge in [0.25, 0.3) is 0 Å². The summed E-state index contributed by atoms with van der Waals surface area (Å²) in [5.41, 5.74) is 0. The lowest BCUT2D eigenvalue weighted by Crippen LogP contribution is -2.01. The van der Waals surface area contributed by atoms with Crippen LogP contribution in [0.5, 0.6) is 0 Å². The molecule has 0 radical (unpaired) electrons. The molecule has 0 aromatic rings. The fraction of sp³-hybridized carbons (Fsp3) is 1.00. The Labute approximate surface area is 206 Å². The van der Waals surface area contributed by atoms with Gasteiger partial charge in [0.05, 0.1) is 0 Å². The summed E-state index contributed by atoms with van der Waals surface area (Å²) in [6.45, 7) is 6.99. The maximum Gasteiger partial charge on any atom is -0.0414 e. The predicted molar refractivity (Wildman–Crippen MR) is 150 cm³/mol. The third-order valence-electron chi connectivity index (χ3n) is 7.65. The van der Waals surface area contributed by atoms with Crippen molar-refractivity contribution >= 4 is 0 Å². The minimum absolute atomic E-state index is 1.04. The maximum absolute atomic E-state index is 2.34. The van der Waals surface area contributed by atoms with Gasteiger partial charge in [0, 0.05) is 0 Å². The number of unbranched alkanes of at least 4 members (excludes halogenated alkanes) is 22. The van der Waals surface area contributed by atoms with Crippen molar-refractivity contribution in [1.82, 2.24) is 0 Å². The first-order chi connectivity index (χ1) is 15.8. The van der Waals surface area contributed by atoms with Crippen molar-refractivity contribution in [3.05, 3.63) is 0 Å². The van der Waals surface area contributed by atoms with Gasteiger partial charge in [0.15, 0.2) is 0 Å². The highest BCUT2D eigenvalue weighted by atomic mass is 14.1. The molecule has 0 aromatic carbocycles. The standard InChI is InChI=1S/C32H66/c1-4-7-10-11-12-13-14-15-16-17-18-19-20-21-22-23-24-25-26-27-28-31-32(29-8-5-2)30-9-6-3/h32H,4-31H2,1-3H3. The van der Waals surface area contributed by atoms with Crippen LogP contribution in [0.15, 0.2) is 0 Å². The smallest absolute Gasteiger partial charge is 0.0414 e. The third-order valence-corrected chi connectivity index (χ3v) is 7.65. The molecule has 0 saturated heterocycles. The highest BCUT2D eigenvalue weighted by Crippen LogP contribution is 2.23. The van der Waals surface area contributed by atoms with Crippen molar-refractivity contribution in [2.75, 3.05) is 0 Å². The van der Waals surface area contributed by atoms with Crippen LogP contribution in [-0.4, -0.2) is 0 Å². The van der Waals surface area contributed by atoms with E-state index in [1.807, 2.05) is 0 Å². The lowest BCUT2D eigenvalue weighted by molar-refractivity contribution is 0.376. The quantitative estimate of drug-likeness (QED) is 0.104. The molecule has 0 amide bonds. The van der Waals surface area contributed by atoms with Gasteiger partial charge in [0.2, 0.25) is 0 Å². The molecule has 0 N–H and O–H groups in total. The zero-order valence-corrected chi connectivity index (χ0v) is 23.4. The summed E-state index contributed by atoms with van der Waals surface area (Å²) in [5.74, 6) is 1.04. The molecule has 0 rings (SSSR count). The van der Waals surface area contributed by atoms with Crippen molar-refractivity contribution in [2.45, 2.75) is 201 Å². The first kappa shape index (κ1) is 32.0. The van der Waals surface area contributed by atoms with Crippen molar-refractivity contribution in [1.29, 1.82) is 0 Å². The zero-order valence-electron chi connectivity index (χ0n) is 23.4. The molecule has 194 valence electrons. The summed E-state index contributed by atoms with van der Waals surface area (Å²) in [6, 6.07) is 0. The van der Waals surface area contributed by atoms with Crippen LogP contribution in [0.1, 0.15) is 201 Å². The van der Waals surface area contributed by atoms with Gasteiger partial charge < -0.3 is 0 Å². The normalized spacial score (nSPS) is 11.6. The first-order valence-electron chi connectivity index (χ1n) is 15.8. The molecule has 32 heavy (non-hydrogen) atoms. The van der Waals surface area contributed by atoms with Gasteiger partial charge in [-0.1, -0.05) is 201 Å². The Hall–Kier alpha value is 0. The van der Waals surface area contributed by atoms with Crippen LogP contribution in [0.3, 0.4) is 0 Å². The molecule has 0 atom stereocenters. The summed E-state index contributed by atoms with van der Waals surface area (Å²) >= 11 is 0. The summed E-state index contributed by atoms with van der Waals surface area (Å²) in [5, 5.41) is 0. The first-order valence-corrected chi connectivity index (χ1v) is 15.8. The monoisotopic (exact) mass is 451 g/mol. The Morgan fingerprint density at radius 3 is 0.750 bits per heavy atom. The topological polar surface area (TPSA) is 0 Å². The van der Waals surface area contributed by atoms with E-state index in [2.05, 4.69) is 20.8 Å². The molecule has 0 aliphatic carbocycles. The molecular weight excluding hydrogens is 384 g/mol. The van der Waals surface area contributed by atoms with Gasteiger partial charge in [-0.2, -0.15) is 0 Å². The molecular formula is C32H66. The van der Waals surface area contributed by atoms with Crippen molar-refractivity contribution in [2.24, 2.45) is 5.92 Å². The van der Waals surface area contributed by atoms with Crippen LogP contribution < -0.4 is 0 Å². The van der Waals surface area contributed by atoms with Crippen molar-refractivity contribution in [3.8, 4) is 0 Å². The summed E-state index contributed by atoms with van der Waals surface area (Å²) in [7, 11) is 0. The summed E-state index contributed by atoms with van der Waals surface area (Å²) < 4.78 is 0. The second kappa shape index (κ2) is 29.0. The van der Waals surface area contributed by atoms with Crippen LogP contribution in [0, 0.1) is 5.92 Å². The fourth-order valence-electron chi connectivity index (χ4n) is 5.28. The molecule has 0 heterocycles. The largest absolute Gasteiger partial charge is 0.0654 e. The Bertz CT molecular complexity index is 299. The minimum atomic E-state index is 1.04. The van der Waals surface area contributed by atoms with Gasteiger partial charge in [-0.15, -0.1) is 0 Å². The Kier molecular flexibility index (Phi) is 29.0. The molecule has 0 unspecified atom stereocenters. The van der Waals surface area contributed by atoms with Gasteiger partial charge in [-0.05, 0) is 5.92 Å². The van der Waals surface area contributed by atoms with E-state index in [0.717, 1.165) is 5.92 Å². The molecule has 0 nitrogen and oxygen atoms in total. The Balaban J connectivity index is 3.19. The third kappa shape index (κ3) is 26.3. The van der Waals surface area contributed by atoms with E-state index >= 15 is 0 Å². The molecule has 0 aliphatic rings. The van der Waals surface area contributed by atoms with Crippen molar-refractivity contribution in [3.63, 3.8) is 0 Å². The molecule has 0 saturated carbocycles. The highest BCUT2D eigenvalue weighted by Gasteiger charge is 2.07. The lowest BCUT2D eigenvalue weighted by Gasteiger charge is -2.16. The van der Waals surface area contributed by atoms with E-state index in [0.29, 0.717) is 0 Å². The average molecular weight is 451 g/mol. The van der Waals surface area contributed by atoms with Crippen LogP contribution in [0.2, 0.25) is 0 Å². The zero-order chi connectivity index (χ0) is 23.4. The molecule has 0 heteroatoms.